The van der Waals surface area contributed by atoms with E-state index in [1.54, 1.807) is 6.07 Å². The lowest BCUT2D eigenvalue weighted by atomic mass is 10.2. The van der Waals surface area contributed by atoms with Gasteiger partial charge in [-0.1, -0.05) is 6.07 Å². The molecule has 2 aromatic heterocycles. The van der Waals surface area contributed by atoms with Gasteiger partial charge >= 0.3 is 5.97 Å². The highest BCUT2D eigenvalue weighted by Crippen LogP contribution is 2.28. The zero-order valence-electron chi connectivity index (χ0n) is 11.9. The van der Waals surface area contributed by atoms with Crippen molar-refractivity contribution in [3.63, 3.8) is 0 Å². The molecule has 0 saturated heterocycles. The van der Waals surface area contributed by atoms with E-state index in [4.69, 9.17) is 14.6 Å². The third-order valence-corrected chi connectivity index (χ3v) is 3.20. The molecular formula is C16H14N2O4. The number of aromatic carboxylic acids is 1. The van der Waals surface area contributed by atoms with Gasteiger partial charge in [0.25, 0.3) is 0 Å². The lowest BCUT2D eigenvalue weighted by Crippen LogP contribution is -2.01. The first kappa shape index (κ1) is 13.9. The standard InChI is InChI=1S/C16H14N2O4/c1-21-13-6-5-11(16(19)20)8-14(13)22-10-12-9-18-7-3-2-4-15(18)17-12/h2-9H,10H2,1H3,(H,19,20). The Kier molecular flexibility index (Phi) is 3.65. The Morgan fingerprint density at radius 1 is 1.27 bits per heavy atom. The van der Waals surface area contributed by atoms with Crippen LogP contribution in [0.5, 0.6) is 11.5 Å². The van der Waals surface area contributed by atoms with Gasteiger partial charge in [-0.25, -0.2) is 9.78 Å². The Balaban J connectivity index is 1.83. The highest BCUT2D eigenvalue weighted by atomic mass is 16.5. The van der Waals surface area contributed by atoms with Gasteiger partial charge in [-0.15, -0.1) is 0 Å². The average molecular weight is 298 g/mol. The van der Waals surface area contributed by atoms with Gasteiger partial charge in [0.15, 0.2) is 11.5 Å². The number of pyridine rings is 1. The number of carbonyl (C=O) groups is 1. The van der Waals surface area contributed by atoms with Crippen LogP contribution >= 0.6 is 0 Å². The minimum absolute atomic E-state index is 0.144. The highest BCUT2D eigenvalue weighted by molar-refractivity contribution is 5.88. The summed E-state index contributed by atoms with van der Waals surface area (Å²) in [6, 6.07) is 10.2. The first-order chi connectivity index (χ1) is 10.7. The Hall–Kier alpha value is -3.02. The summed E-state index contributed by atoms with van der Waals surface area (Å²) in [6.45, 7) is 0.223. The Bertz CT molecular complexity index is 793. The van der Waals surface area contributed by atoms with E-state index in [0.717, 1.165) is 11.3 Å². The largest absolute Gasteiger partial charge is 0.493 e. The number of carboxylic acids is 1. The molecule has 0 aliphatic carbocycles. The minimum Gasteiger partial charge on any atom is -0.493 e. The number of nitrogens with zero attached hydrogens (tertiary/aromatic N) is 2. The summed E-state index contributed by atoms with van der Waals surface area (Å²) >= 11 is 0. The van der Waals surface area contributed by atoms with Gasteiger partial charge < -0.3 is 19.0 Å². The van der Waals surface area contributed by atoms with Crippen molar-refractivity contribution in [2.24, 2.45) is 0 Å². The topological polar surface area (TPSA) is 73.1 Å². The molecule has 0 fully saturated rings. The second kappa shape index (κ2) is 5.77. The molecule has 0 aliphatic heterocycles. The molecule has 0 atom stereocenters. The van der Waals surface area contributed by atoms with Crippen molar-refractivity contribution >= 4 is 11.6 Å². The number of ether oxygens (including phenoxy) is 2. The summed E-state index contributed by atoms with van der Waals surface area (Å²) in [6.07, 6.45) is 3.76. The van der Waals surface area contributed by atoms with E-state index < -0.39 is 5.97 Å². The van der Waals surface area contributed by atoms with Gasteiger partial charge in [0.2, 0.25) is 0 Å². The van der Waals surface area contributed by atoms with Crippen molar-refractivity contribution in [3.05, 3.63) is 60.0 Å². The van der Waals surface area contributed by atoms with Crippen molar-refractivity contribution in [3.8, 4) is 11.5 Å². The van der Waals surface area contributed by atoms with Crippen molar-refractivity contribution in [1.29, 1.82) is 0 Å². The normalized spacial score (nSPS) is 10.6. The van der Waals surface area contributed by atoms with E-state index in [-0.39, 0.29) is 12.2 Å². The number of imidazole rings is 1. The van der Waals surface area contributed by atoms with E-state index in [9.17, 15) is 4.79 Å². The number of fused-ring (bicyclic) bond motifs is 1. The minimum atomic E-state index is -1.01. The Morgan fingerprint density at radius 2 is 2.14 bits per heavy atom. The molecule has 112 valence electrons. The maximum atomic E-state index is 11.0. The monoisotopic (exact) mass is 298 g/mol. The first-order valence-electron chi connectivity index (χ1n) is 6.64. The van der Waals surface area contributed by atoms with Gasteiger partial charge in [0.05, 0.1) is 18.4 Å². The van der Waals surface area contributed by atoms with E-state index in [0.29, 0.717) is 11.5 Å². The van der Waals surface area contributed by atoms with Crippen LogP contribution < -0.4 is 9.47 Å². The summed E-state index contributed by atoms with van der Waals surface area (Å²) in [4.78, 5) is 15.5. The predicted octanol–water partition coefficient (Wildman–Crippen LogP) is 2.62. The van der Waals surface area contributed by atoms with E-state index in [1.165, 1.54) is 19.2 Å². The molecule has 0 saturated carbocycles. The fourth-order valence-electron chi connectivity index (χ4n) is 2.13. The van der Waals surface area contributed by atoms with Crippen LogP contribution in [0.25, 0.3) is 5.65 Å². The molecule has 0 radical (unpaired) electrons. The molecule has 0 bridgehead atoms. The van der Waals surface area contributed by atoms with Crippen molar-refractivity contribution in [1.82, 2.24) is 9.38 Å². The van der Waals surface area contributed by atoms with Crippen LogP contribution in [0, 0.1) is 0 Å². The van der Waals surface area contributed by atoms with Crippen LogP contribution in [0.4, 0.5) is 0 Å². The molecule has 0 aliphatic rings. The molecule has 3 aromatic rings. The predicted molar refractivity (Wildman–Crippen MR) is 79.5 cm³/mol. The van der Waals surface area contributed by atoms with Gasteiger partial charge in [-0.05, 0) is 30.3 Å². The SMILES string of the molecule is COc1ccc(C(=O)O)cc1OCc1cn2ccccc2n1. The lowest BCUT2D eigenvalue weighted by molar-refractivity contribution is 0.0696. The Morgan fingerprint density at radius 3 is 2.86 bits per heavy atom. The number of hydrogen-bond acceptors (Lipinski definition) is 4. The smallest absolute Gasteiger partial charge is 0.335 e. The first-order valence-corrected chi connectivity index (χ1v) is 6.64. The van der Waals surface area contributed by atoms with Gasteiger partial charge in [-0.2, -0.15) is 0 Å². The molecule has 0 amide bonds. The average Bonchev–Trinajstić information content (AvgIpc) is 2.95. The van der Waals surface area contributed by atoms with Crippen LogP contribution in [0.2, 0.25) is 0 Å². The highest BCUT2D eigenvalue weighted by Gasteiger charge is 2.11. The van der Waals surface area contributed by atoms with Crippen molar-refractivity contribution in [2.45, 2.75) is 6.61 Å². The fraction of sp³-hybridized carbons (Fsp3) is 0.125. The summed E-state index contributed by atoms with van der Waals surface area (Å²) in [5, 5.41) is 9.04. The molecule has 2 heterocycles. The third kappa shape index (κ3) is 2.71. The van der Waals surface area contributed by atoms with Gasteiger partial charge in [0.1, 0.15) is 12.3 Å². The van der Waals surface area contributed by atoms with Gasteiger partial charge in [-0.3, -0.25) is 0 Å². The van der Waals surface area contributed by atoms with Crippen LogP contribution in [0.3, 0.4) is 0 Å². The van der Waals surface area contributed by atoms with Crippen LogP contribution in [-0.4, -0.2) is 27.6 Å². The van der Waals surface area contributed by atoms with Crippen LogP contribution in [0.15, 0.2) is 48.8 Å². The molecule has 3 rings (SSSR count). The molecule has 6 nitrogen and oxygen atoms in total. The quantitative estimate of drug-likeness (QED) is 0.784. The fourth-order valence-corrected chi connectivity index (χ4v) is 2.13. The zero-order chi connectivity index (χ0) is 15.5. The van der Waals surface area contributed by atoms with Crippen molar-refractivity contribution in [2.75, 3.05) is 7.11 Å². The third-order valence-electron chi connectivity index (χ3n) is 3.20. The van der Waals surface area contributed by atoms with E-state index in [2.05, 4.69) is 4.98 Å². The summed E-state index contributed by atoms with van der Waals surface area (Å²) < 4.78 is 12.7. The zero-order valence-corrected chi connectivity index (χ0v) is 11.9. The van der Waals surface area contributed by atoms with Crippen molar-refractivity contribution < 1.29 is 19.4 Å². The number of benzene rings is 1. The molecule has 1 aromatic carbocycles. The second-order valence-electron chi connectivity index (χ2n) is 4.66. The van der Waals surface area contributed by atoms with E-state index in [1.807, 2.05) is 35.0 Å². The summed E-state index contributed by atoms with van der Waals surface area (Å²) in [7, 11) is 1.51. The maximum absolute atomic E-state index is 11.0. The molecule has 1 N–H and O–H groups in total. The van der Waals surface area contributed by atoms with E-state index >= 15 is 0 Å². The maximum Gasteiger partial charge on any atom is 0.335 e. The molecule has 0 spiro atoms. The molecular weight excluding hydrogens is 284 g/mol. The molecule has 0 unspecified atom stereocenters. The van der Waals surface area contributed by atoms with Gasteiger partial charge in [0, 0.05) is 12.4 Å². The number of aromatic nitrogens is 2. The molecule has 6 heteroatoms. The number of carboxylic acid groups (broad SMARTS) is 1. The number of rotatable bonds is 5. The number of hydrogen-bond donors (Lipinski definition) is 1. The Labute approximate surface area is 126 Å². The van der Waals surface area contributed by atoms with Crippen LogP contribution in [0.1, 0.15) is 16.1 Å². The number of methoxy groups -OCH3 is 1. The second-order valence-corrected chi connectivity index (χ2v) is 4.66. The summed E-state index contributed by atoms with van der Waals surface area (Å²) in [5.41, 5.74) is 1.71. The lowest BCUT2D eigenvalue weighted by Gasteiger charge is -2.10. The summed E-state index contributed by atoms with van der Waals surface area (Å²) in [5.74, 6) is -0.159. The van der Waals surface area contributed by atoms with Crippen LogP contribution in [-0.2, 0) is 6.61 Å². The molecule has 22 heavy (non-hydrogen) atoms.